The lowest BCUT2D eigenvalue weighted by Crippen LogP contribution is -2.48. The second-order valence-electron chi connectivity index (χ2n) is 20.6. The number of carbonyl (C=O) groups excluding carboxylic acids is 2. The van der Waals surface area contributed by atoms with Crippen molar-refractivity contribution in [2.24, 2.45) is 35.5 Å². The molecule has 2 atom stereocenters. The molecule has 0 aliphatic heterocycles. The molecule has 2 aliphatic carbocycles. The van der Waals surface area contributed by atoms with E-state index < -0.39 is 0 Å². The van der Waals surface area contributed by atoms with Crippen LogP contribution in [0.5, 0.6) is 0 Å². The molecule has 0 spiro atoms. The molecule has 4 nitrogen and oxygen atoms in total. The van der Waals surface area contributed by atoms with Gasteiger partial charge in [-0.05, 0) is 93.3 Å². The van der Waals surface area contributed by atoms with Gasteiger partial charge in [0.15, 0.2) is 0 Å². The van der Waals surface area contributed by atoms with Crippen molar-refractivity contribution in [2.75, 3.05) is 0 Å². The van der Waals surface area contributed by atoms with Gasteiger partial charge in [-0.25, -0.2) is 4.79 Å². The minimum absolute atomic E-state index is 0.0630. The monoisotopic (exact) mass is 799 g/mol. The van der Waals surface area contributed by atoms with Crippen molar-refractivity contribution in [1.82, 2.24) is 10.6 Å². The van der Waals surface area contributed by atoms with Crippen molar-refractivity contribution in [3.63, 3.8) is 0 Å². The molecule has 0 radical (unpaired) electrons. The van der Waals surface area contributed by atoms with Crippen LogP contribution in [0.1, 0.15) is 279 Å². The number of nitrogens with one attached hydrogen (secondary N) is 2. The Morgan fingerprint density at radius 2 is 0.860 bits per heavy atom. The first-order chi connectivity index (χ1) is 27.7. The molecule has 2 N–H and O–H groups in total. The Labute approximate surface area is 357 Å². The summed E-state index contributed by atoms with van der Waals surface area (Å²) in [5.74, 6) is 4.50. The van der Waals surface area contributed by atoms with Crippen LogP contribution in [-0.2, 0) is 4.79 Å². The van der Waals surface area contributed by atoms with Crippen LogP contribution in [0.2, 0.25) is 0 Å². The molecule has 2 saturated carbocycles. The number of urea groups is 1. The van der Waals surface area contributed by atoms with E-state index in [9.17, 15) is 9.59 Å². The first kappa shape index (κ1) is 52.1. The van der Waals surface area contributed by atoms with Gasteiger partial charge in [0.25, 0.3) is 0 Å². The summed E-state index contributed by atoms with van der Waals surface area (Å²) in [6, 6.07) is 0.667. The number of carbonyl (C=O) groups is 2. The Morgan fingerprint density at radius 1 is 0.474 bits per heavy atom. The minimum Gasteiger partial charge on any atom is -0.335 e. The van der Waals surface area contributed by atoms with Gasteiger partial charge in [-0.2, -0.15) is 0 Å². The highest BCUT2D eigenvalue weighted by Gasteiger charge is 2.29. The van der Waals surface area contributed by atoms with Gasteiger partial charge < -0.3 is 10.6 Å². The molecular weight excluding hydrogens is 697 g/mol. The lowest BCUT2D eigenvalue weighted by Gasteiger charge is -2.34. The van der Waals surface area contributed by atoms with E-state index in [0.717, 1.165) is 43.9 Å². The number of unbranched alkanes of at least 4 members (excludes halogenated alkanes) is 22. The summed E-state index contributed by atoms with van der Waals surface area (Å²) in [6.45, 7) is 13.8. The number of hydrogen-bond donors (Lipinski definition) is 2. The van der Waals surface area contributed by atoms with E-state index in [1.807, 2.05) is 0 Å². The van der Waals surface area contributed by atoms with E-state index >= 15 is 0 Å². The normalized spacial score (nSPS) is 21.2. The summed E-state index contributed by atoms with van der Waals surface area (Å²) in [4.78, 5) is 26.3. The maximum absolute atomic E-state index is 13.2. The van der Waals surface area contributed by atoms with Gasteiger partial charge in [0, 0.05) is 24.9 Å². The van der Waals surface area contributed by atoms with E-state index in [0.29, 0.717) is 35.5 Å². The van der Waals surface area contributed by atoms with Gasteiger partial charge in [-0.15, -0.1) is 0 Å². The predicted molar refractivity (Wildman–Crippen MR) is 250 cm³/mol. The van der Waals surface area contributed by atoms with Crippen LogP contribution in [0, 0.1) is 35.5 Å². The van der Waals surface area contributed by atoms with Gasteiger partial charge in [0.1, 0.15) is 5.78 Å². The fraction of sp³-hybridized carbons (Fsp3) is 0.962. The van der Waals surface area contributed by atoms with Crippen molar-refractivity contribution in [3.05, 3.63) is 0 Å². The molecule has 0 saturated heterocycles. The molecule has 4 heteroatoms. The third-order valence-electron chi connectivity index (χ3n) is 14.7. The topological polar surface area (TPSA) is 58.2 Å². The van der Waals surface area contributed by atoms with Crippen molar-refractivity contribution in [3.8, 4) is 0 Å². The second-order valence-corrected chi connectivity index (χ2v) is 20.6. The second kappa shape index (κ2) is 34.6. The maximum atomic E-state index is 13.2. The van der Waals surface area contributed by atoms with Gasteiger partial charge >= 0.3 is 6.03 Å². The Bertz CT molecular complexity index is 857. The van der Waals surface area contributed by atoms with Crippen molar-refractivity contribution >= 4 is 11.8 Å². The molecular formula is C53H102N2O2. The average Bonchev–Trinajstić information content (AvgIpc) is 3.19. The van der Waals surface area contributed by atoms with E-state index in [2.05, 4.69) is 52.2 Å². The standard InChI is InChI=1S/C53H102N2O2/c1-7-9-11-13-15-17-19-21-23-25-27-29-31-49(44(3)4)43-51(56)42-48-35-33-46(34-36-48)41-47-37-39-50(40-38-47)54-53(57)55-52(45(5)6)32-30-28-26-24-22-20-18-16-14-12-10-8-2/h44-50,52H,7-43H2,1-6H3,(H2,54,55,57). The molecule has 2 amide bonds. The molecule has 0 aromatic rings. The smallest absolute Gasteiger partial charge is 0.315 e. The molecule has 2 aliphatic rings. The van der Waals surface area contributed by atoms with Crippen molar-refractivity contribution < 1.29 is 9.59 Å². The Balaban J connectivity index is 1.51. The fourth-order valence-electron chi connectivity index (χ4n) is 10.5. The predicted octanol–water partition coefficient (Wildman–Crippen LogP) is 16.9. The summed E-state index contributed by atoms with van der Waals surface area (Å²) in [5, 5.41) is 6.73. The van der Waals surface area contributed by atoms with Crippen LogP contribution in [0.15, 0.2) is 0 Å². The zero-order chi connectivity index (χ0) is 41.4. The van der Waals surface area contributed by atoms with E-state index in [4.69, 9.17) is 0 Å². The first-order valence-corrected chi connectivity index (χ1v) is 26.3. The molecule has 0 aromatic carbocycles. The van der Waals surface area contributed by atoms with Crippen LogP contribution >= 0.6 is 0 Å². The van der Waals surface area contributed by atoms with Crippen LogP contribution in [0.25, 0.3) is 0 Å². The quantitative estimate of drug-likeness (QED) is 0.0620. The zero-order valence-corrected chi connectivity index (χ0v) is 39.6. The highest BCUT2D eigenvalue weighted by molar-refractivity contribution is 5.79. The van der Waals surface area contributed by atoms with Crippen LogP contribution in [-0.4, -0.2) is 23.9 Å². The number of Topliss-reactive ketones (excluding diaryl/α,β-unsaturated/α-hetero) is 1. The molecule has 0 heterocycles. The van der Waals surface area contributed by atoms with Crippen LogP contribution in [0.4, 0.5) is 4.79 Å². The van der Waals surface area contributed by atoms with Gasteiger partial charge in [0.2, 0.25) is 0 Å². The summed E-state index contributed by atoms with van der Waals surface area (Å²) < 4.78 is 0. The van der Waals surface area contributed by atoms with E-state index in [1.165, 1.54) is 205 Å². The maximum Gasteiger partial charge on any atom is 0.315 e. The Hall–Kier alpha value is -1.06. The molecule has 2 unspecified atom stereocenters. The van der Waals surface area contributed by atoms with E-state index in [-0.39, 0.29) is 12.1 Å². The summed E-state index contributed by atoms with van der Waals surface area (Å²) in [5.41, 5.74) is 0. The number of rotatable bonds is 36. The molecule has 0 bridgehead atoms. The number of amides is 2. The molecule has 336 valence electrons. The third-order valence-corrected chi connectivity index (χ3v) is 14.7. The van der Waals surface area contributed by atoms with Gasteiger partial charge in [0.05, 0.1) is 0 Å². The summed E-state index contributed by atoms with van der Waals surface area (Å²) >= 11 is 0. The largest absolute Gasteiger partial charge is 0.335 e. The summed E-state index contributed by atoms with van der Waals surface area (Å²) in [6.07, 6.45) is 48.6. The average molecular weight is 799 g/mol. The summed E-state index contributed by atoms with van der Waals surface area (Å²) in [7, 11) is 0. The van der Waals surface area contributed by atoms with Crippen LogP contribution < -0.4 is 10.6 Å². The highest BCUT2D eigenvalue weighted by Crippen LogP contribution is 2.38. The number of hydrogen-bond acceptors (Lipinski definition) is 2. The van der Waals surface area contributed by atoms with Crippen LogP contribution in [0.3, 0.4) is 0 Å². The van der Waals surface area contributed by atoms with E-state index in [1.54, 1.807) is 0 Å². The SMILES string of the molecule is CCCCCCCCCCCCCCC(CC(=O)CC1CCC(CC2CCC(NC(=O)NC(CCCCCCCCCCCCCC)C(C)C)CC2)CC1)C(C)C. The fourth-order valence-corrected chi connectivity index (χ4v) is 10.5. The number of ketones is 1. The Kier molecular flexibility index (Phi) is 31.6. The lowest BCUT2D eigenvalue weighted by atomic mass is 9.73. The first-order valence-electron chi connectivity index (χ1n) is 26.3. The molecule has 2 fully saturated rings. The van der Waals surface area contributed by atoms with Crippen molar-refractivity contribution in [1.29, 1.82) is 0 Å². The third kappa shape index (κ3) is 27.4. The zero-order valence-electron chi connectivity index (χ0n) is 39.6. The van der Waals surface area contributed by atoms with Crippen molar-refractivity contribution in [2.45, 2.75) is 291 Å². The lowest BCUT2D eigenvalue weighted by molar-refractivity contribution is -0.121. The molecule has 57 heavy (non-hydrogen) atoms. The molecule has 0 aromatic heterocycles. The molecule has 2 rings (SSSR count). The highest BCUT2D eigenvalue weighted by atomic mass is 16.2. The van der Waals surface area contributed by atoms with Gasteiger partial charge in [-0.3, -0.25) is 4.79 Å². The Morgan fingerprint density at radius 3 is 1.28 bits per heavy atom. The van der Waals surface area contributed by atoms with Gasteiger partial charge in [-0.1, -0.05) is 208 Å². The minimum atomic E-state index is 0.0630.